The molecule has 25 heavy (non-hydrogen) atoms. The highest BCUT2D eigenvalue weighted by Gasteiger charge is 2.47. The van der Waals surface area contributed by atoms with Gasteiger partial charge in [-0.3, -0.25) is 0 Å². The molecule has 0 aromatic heterocycles. The maximum atomic E-state index is 13.2. The van der Waals surface area contributed by atoms with Crippen LogP contribution in [-0.2, 0) is 9.84 Å². The summed E-state index contributed by atoms with van der Waals surface area (Å²) in [6.07, 6.45) is -0.905. The average Bonchev–Trinajstić information content (AvgIpc) is 2.49. The minimum Gasteiger partial charge on any atom is -0.228 e. The average molecular weight is 372 g/mol. The first-order valence-corrected chi connectivity index (χ1v) is 9.48. The van der Waals surface area contributed by atoms with E-state index in [1.165, 1.54) is 24.3 Å². The molecule has 0 unspecified atom stereocenters. The van der Waals surface area contributed by atoms with Gasteiger partial charge in [0.2, 0.25) is 5.92 Å². The minimum absolute atomic E-state index is 0.319. The highest BCUT2D eigenvalue weighted by molar-refractivity contribution is 7.91. The SMILES string of the molecule is O=S(=O)(CC1CC(F)(F)C1)C(c1ccc(F)cc1)c1ccc(F)cc1. The van der Waals surface area contributed by atoms with Crippen molar-refractivity contribution in [1.29, 1.82) is 0 Å². The van der Waals surface area contributed by atoms with E-state index in [9.17, 15) is 26.0 Å². The fraction of sp³-hybridized carbons (Fsp3) is 0.333. The summed E-state index contributed by atoms with van der Waals surface area (Å²) in [5.41, 5.74) is 0.637. The van der Waals surface area contributed by atoms with Crippen molar-refractivity contribution in [3.63, 3.8) is 0 Å². The first-order chi connectivity index (χ1) is 11.7. The van der Waals surface area contributed by atoms with E-state index in [0.717, 1.165) is 24.3 Å². The number of benzene rings is 2. The summed E-state index contributed by atoms with van der Waals surface area (Å²) in [4.78, 5) is 0. The van der Waals surface area contributed by atoms with Crippen LogP contribution in [0.2, 0.25) is 0 Å². The number of hydrogen-bond donors (Lipinski definition) is 0. The van der Waals surface area contributed by atoms with Gasteiger partial charge in [-0.15, -0.1) is 0 Å². The van der Waals surface area contributed by atoms with Crippen LogP contribution >= 0.6 is 0 Å². The zero-order chi connectivity index (χ0) is 18.2. The van der Waals surface area contributed by atoms with Crippen LogP contribution in [0.15, 0.2) is 48.5 Å². The van der Waals surface area contributed by atoms with Crippen LogP contribution in [0.3, 0.4) is 0 Å². The third-order valence-corrected chi connectivity index (χ3v) is 6.55. The maximum Gasteiger partial charge on any atom is 0.248 e. The molecule has 0 spiro atoms. The largest absolute Gasteiger partial charge is 0.248 e. The molecule has 0 bridgehead atoms. The third kappa shape index (κ3) is 4.03. The summed E-state index contributed by atoms with van der Waals surface area (Å²) in [5, 5.41) is -1.15. The molecule has 0 saturated heterocycles. The lowest BCUT2D eigenvalue weighted by atomic mass is 9.83. The minimum atomic E-state index is -3.84. The van der Waals surface area contributed by atoms with Gasteiger partial charge in [-0.1, -0.05) is 24.3 Å². The molecular weight excluding hydrogens is 356 g/mol. The van der Waals surface area contributed by atoms with Crippen LogP contribution in [0.5, 0.6) is 0 Å². The van der Waals surface area contributed by atoms with Crippen molar-refractivity contribution in [3.05, 3.63) is 71.3 Å². The molecule has 0 amide bonds. The van der Waals surface area contributed by atoms with Gasteiger partial charge >= 0.3 is 0 Å². The molecule has 2 aromatic carbocycles. The third-order valence-electron chi connectivity index (χ3n) is 4.35. The van der Waals surface area contributed by atoms with Gasteiger partial charge in [0.05, 0.1) is 5.75 Å². The molecule has 0 radical (unpaired) electrons. The van der Waals surface area contributed by atoms with Crippen LogP contribution in [0.4, 0.5) is 17.6 Å². The molecule has 0 aliphatic heterocycles. The monoisotopic (exact) mass is 372 g/mol. The highest BCUT2D eigenvalue weighted by Crippen LogP contribution is 2.44. The maximum absolute atomic E-state index is 13.2. The van der Waals surface area contributed by atoms with Crippen LogP contribution in [0.1, 0.15) is 29.2 Å². The second-order valence-electron chi connectivity index (χ2n) is 6.44. The van der Waals surface area contributed by atoms with Crippen molar-refractivity contribution in [3.8, 4) is 0 Å². The predicted octanol–water partition coefficient (Wildman–Crippen LogP) is 4.51. The van der Waals surface area contributed by atoms with Crippen LogP contribution in [0, 0.1) is 17.6 Å². The van der Waals surface area contributed by atoms with Crippen molar-refractivity contribution < 1.29 is 26.0 Å². The lowest BCUT2D eigenvalue weighted by molar-refractivity contribution is -0.103. The summed E-state index contributed by atoms with van der Waals surface area (Å²) < 4.78 is 78.2. The van der Waals surface area contributed by atoms with Crippen LogP contribution in [-0.4, -0.2) is 20.1 Å². The van der Waals surface area contributed by atoms with E-state index in [0.29, 0.717) is 11.1 Å². The number of rotatable bonds is 5. The first kappa shape index (κ1) is 17.9. The van der Waals surface area contributed by atoms with E-state index in [1.807, 2.05) is 0 Å². The molecule has 0 heterocycles. The van der Waals surface area contributed by atoms with Gasteiger partial charge in [0.1, 0.15) is 16.9 Å². The molecule has 1 fully saturated rings. The highest BCUT2D eigenvalue weighted by atomic mass is 32.2. The van der Waals surface area contributed by atoms with Crippen LogP contribution in [0.25, 0.3) is 0 Å². The van der Waals surface area contributed by atoms with Crippen molar-refractivity contribution in [2.24, 2.45) is 5.92 Å². The van der Waals surface area contributed by atoms with Gasteiger partial charge in [0.15, 0.2) is 9.84 Å². The molecule has 0 N–H and O–H groups in total. The molecule has 3 rings (SSSR count). The van der Waals surface area contributed by atoms with E-state index in [2.05, 4.69) is 0 Å². The zero-order valence-corrected chi connectivity index (χ0v) is 13.9. The Labute approximate surface area is 143 Å². The molecule has 2 nitrogen and oxygen atoms in total. The van der Waals surface area contributed by atoms with E-state index in [-0.39, 0.29) is 5.75 Å². The standard InChI is InChI=1S/C18H16F4O2S/c19-15-5-1-13(2-6-15)17(14-3-7-16(20)8-4-14)25(23,24)11-12-9-18(21,22)10-12/h1-8,12,17H,9-11H2. The summed E-state index contributed by atoms with van der Waals surface area (Å²) in [6.45, 7) is 0. The summed E-state index contributed by atoms with van der Waals surface area (Å²) in [7, 11) is -3.84. The Morgan fingerprint density at radius 2 is 1.28 bits per heavy atom. The summed E-state index contributed by atoms with van der Waals surface area (Å²) in [5.74, 6) is -4.83. The van der Waals surface area contributed by atoms with E-state index in [1.54, 1.807) is 0 Å². The molecule has 134 valence electrons. The molecule has 7 heteroatoms. The van der Waals surface area contributed by atoms with Gasteiger partial charge < -0.3 is 0 Å². The molecule has 1 aliphatic carbocycles. The normalized spacial score (nSPS) is 17.5. The van der Waals surface area contributed by atoms with Gasteiger partial charge in [-0.25, -0.2) is 26.0 Å². The van der Waals surface area contributed by atoms with Gasteiger partial charge in [0.25, 0.3) is 0 Å². The molecular formula is C18H16F4O2S. The lowest BCUT2D eigenvalue weighted by Crippen LogP contribution is -2.40. The van der Waals surface area contributed by atoms with Crippen LogP contribution < -0.4 is 0 Å². The second kappa shape index (κ2) is 6.44. The van der Waals surface area contributed by atoms with Crippen molar-refractivity contribution >= 4 is 9.84 Å². The zero-order valence-electron chi connectivity index (χ0n) is 13.1. The Morgan fingerprint density at radius 1 is 0.880 bits per heavy atom. The topological polar surface area (TPSA) is 34.1 Å². The number of sulfone groups is 1. The Balaban J connectivity index is 1.95. The molecule has 2 aromatic rings. The van der Waals surface area contributed by atoms with Gasteiger partial charge in [0, 0.05) is 12.8 Å². The first-order valence-electron chi connectivity index (χ1n) is 7.77. The molecule has 0 atom stereocenters. The fourth-order valence-electron chi connectivity index (χ4n) is 3.21. The van der Waals surface area contributed by atoms with Gasteiger partial charge in [-0.2, -0.15) is 0 Å². The van der Waals surface area contributed by atoms with Crippen molar-refractivity contribution in [2.75, 3.05) is 5.75 Å². The number of halogens is 4. The number of alkyl halides is 2. The van der Waals surface area contributed by atoms with Crippen molar-refractivity contribution in [2.45, 2.75) is 24.0 Å². The Kier molecular flexibility index (Phi) is 4.62. The number of hydrogen-bond acceptors (Lipinski definition) is 2. The Hall–Kier alpha value is -1.89. The fourth-order valence-corrected chi connectivity index (χ4v) is 5.44. The molecule has 1 saturated carbocycles. The second-order valence-corrected chi connectivity index (χ2v) is 8.57. The van der Waals surface area contributed by atoms with Crippen molar-refractivity contribution in [1.82, 2.24) is 0 Å². The summed E-state index contributed by atoms with van der Waals surface area (Å²) in [6, 6.07) is 9.93. The quantitative estimate of drug-likeness (QED) is 0.724. The Bertz CT molecular complexity index is 792. The Morgan fingerprint density at radius 3 is 1.64 bits per heavy atom. The lowest BCUT2D eigenvalue weighted by Gasteiger charge is -2.35. The van der Waals surface area contributed by atoms with E-state index in [4.69, 9.17) is 0 Å². The predicted molar refractivity (Wildman–Crippen MR) is 86.1 cm³/mol. The molecule has 1 aliphatic rings. The smallest absolute Gasteiger partial charge is 0.228 e. The van der Waals surface area contributed by atoms with E-state index >= 15 is 0 Å². The van der Waals surface area contributed by atoms with Gasteiger partial charge in [-0.05, 0) is 41.3 Å². The summed E-state index contributed by atoms with van der Waals surface area (Å²) >= 11 is 0. The van der Waals surface area contributed by atoms with E-state index < -0.39 is 51.4 Å².